The van der Waals surface area contributed by atoms with Crippen LogP contribution in [0.25, 0.3) is 0 Å². The Morgan fingerprint density at radius 2 is 1.67 bits per heavy atom. The Hall–Kier alpha value is -3.29. The van der Waals surface area contributed by atoms with E-state index in [0.717, 1.165) is 19.3 Å². The van der Waals surface area contributed by atoms with Crippen LogP contribution >= 0.6 is 0 Å². The van der Waals surface area contributed by atoms with E-state index in [1.165, 1.54) is 19.2 Å². The van der Waals surface area contributed by atoms with Crippen molar-refractivity contribution in [2.45, 2.75) is 45.8 Å². The number of carboxylic acids is 2. The summed E-state index contributed by atoms with van der Waals surface area (Å²) < 4.78 is 31.5. The third-order valence-electron chi connectivity index (χ3n) is 5.13. The van der Waals surface area contributed by atoms with Gasteiger partial charge in [-0.15, -0.1) is 0 Å². The van der Waals surface area contributed by atoms with Crippen LogP contribution in [0.5, 0.6) is 17.2 Å². The lowest BCUT2D eigenvalue weighted by atomic mass is 9.95. The number of hydrogen-bond acceptors (Lipinski definition) is 5. The largest absolute Gasteiger partial charge is 0.496 e. The van der Waals surface area contributed by atoms with E-state index in [0.29, 0.717) is 11.1 Å². The van der Waals surface area contributed by atoms with Crippen molar-refractivity contribution >= 4 is 11.9 Å². The molecule has 0 aliphatic heterocycles. The lowest BCUT2D eigenvalue weighted by molar-refractivity contribution is 0.0667. The highest BCUT2D eigenvalue weighted by atomic mass is 19.1. The van der Waals surface area contributed by atoms with Gasteiger partial charge in [0.1, 0.15) is 40.8 Å². The molecule has 30 heavy (non-hydrogen) atoms. The van der Waals surface area contributed by atoms with Crippen molar-refractivity contribution in [3.8, 4) is 17.2 Å². The minimum absolute atomic E-state index is 0.00446. The molecule has 160 valence electrons. The highest BCUT2D eigenvalue weighted by molar-refractivity contribution is 5.94. The second-order valence-corrected chi connectivity index (χ2v) is 7.27. The first-order chi connectivity index (χ1) is 14.2. The summed E-state index contributed by atoms with van der Waals surface area (Å²) >= 11 is 0. The molecule has 0 spiro atoms. The van der Waals surface area contributed by atoms with E-state index in [9.17, 15) is 19.8 Å². The maximum atomic E-state index is 15.1. The number of aryl methyl sites for hydroxylation is 2. The van der Waals surface area contributed by atoms with Crippen molar-refractivity contribution < 1.29 is 38.4 Å². The zero-order valence-electron chi connectivity index (χ0n) is 17.0. The average molecular weight is 418 g/mol. The molecule has 2 N–H and O–H groups in total. The SMILES string of the molecule is COc1cc(C)cc(OCc2c(C)cc(OC3CCC3)c(C(=O)O)c2F)c1C(=O)O. The van der Waals surface area contributed by atoms with Crippen LogP contribution < -0.4 is 14.2 Å². The van der Waals surface area contributed by atoms with Crippen LogP contribution in [-0.2, 0) is 6.61 Å². The van der Waals surface area contributed by atoms with E-state index in [2.05, 4.69) is 0 Å². The molecule has 2 aromatic rings. The van der Waals surface area contributed by atoms with Crippen LogP contribution in [0, 0.1) is 19.7 Å². The summed E-state index contributed by atoms with van der Waals surface area (Å²) in [6, 6.07) is 4.54. The fourth-order valence-electron chi connectivity index (χ4n) is 3.28. The van der Waals surface area contributed by atoms with E-state index in [4.69, 9.17) is 14.2 Å². The molecular weight excluding hydrogens is 395 g/mol. The molecule has 0 atom stereocenters. The Morgan fingerprint density at radius 3 is 2.20 bits per heavy atom. The van der Waals surface area contributed by atoms with Gasteiger partial charge in [-0.2, -0.15) is 0 Å². The standard InChI is InChI=1S/C22H23FO7/c1-11-7-15(28-3)18(21(24)25)16(8-11)29-10-14-12(2)9-17(30-13-5-4-6-13)19(20(14)23)22(26)27/h7-9,13H,4-6,10H2,1-3H3,(H,24,25)(H,26,27). The van der Waals surface area contributed by atoms with E-state index < -0.39 is 23.3 Å². The minimum Gasteiger partial charge on any atom is -0.496 e. The normalized spacial score (nSPS) is 13.5. The van der Waals surface area contributed by atoms with Crippen LogP contribution in [0.1, 0.15) is 56.7 Å². The third-order valence-corrected chi connectivity index (χ3v) is 5.13. The molecule has 0 unspecified atom stereocenters. The number of aromatic carboxylic acids is 2. The molecule has 3 rings (SSSR count). The summed E-state index contributed by atoms with van der Waals surface area (Å²) in [4.78, 5) is 23.3. The quantitative estimate of drug-likeness (QED) is 0.657. The number of hydrogen-bond donors (Lipinski definition) is 2. The molecule has 0 bridgehead atoms. The van der Waals surface area contributed by atoms with Gasteiger partial charge in [0.05, 0.1) is 13.2 Å². The first-order valence-electron chi connectivity index (χ1n) is 9.49. The molecule has 1 fully saturated rings. The Morgan fingerprint density at radius 1 is 1.03 bits per heavy atom. The van der Waals surface area contributed by atoms with Crippen LogP contribution in [0.2, 0.25) is 0 Å². The number of halogens is 1. The fourth-order valence-corrected chi connectivity index (χ4v) is 3.28. The van der Waals surface area contributed by atoms with Crippen LogP contribution in [-0.4, -0.2) is 35.4 Å². The smallest absolute Gasteiger partial charge is 0.343 e. The van der Waals surface area contributed by atoms with Gasteiger partial charge in [0, 0.05) is 5.56 Å². The van der Waals surface area contributed by atoms with Gasteiger partial charge >= 0.3 is 11.9 Å². The summed E-state index contributed by atoms with van der Waals surface area (Å²) in [5.74, 6) is -3.53. The topological polar surface area (TPSA) is 102 Å². The van der Waals surface area contributed by atoms with Crippen molar-refractivity contribution in [2.75, 3.05) is 7.11 Å². The van der Waals surface area contributed by atoms with Crippen molar-refractivity contribution in [1.29, 1.82) is 0 Å². The highest BCUT2D eigenvalue weighted by Gasteiger charge is 2.27. The number of carbonyl (C=O) groups is 2. The Bertz CT molecular complexity index is 996. The van der Waals surface area contributed by atoms with Crippen molar-refractivity contribution in [2.24, 2.45) is 0 Å². The molecular formula is C22H23FO7. The summed E-state index contributed by atoms with van der Waals surface area (Å²) in [5, 5.41) is 19.0. The summed E-state index contributed by atoms with van der Waals surface area (Å²) in [7, 11) is 1.34. The first-order valence-corrected chi connectivity index (χ1v) is 9.49. The molecule has 0 aromatic heterocycles. The molecule has 7 nitrogen and oxygen atoms in total. The van der Waals surface area contributed by atoms with Gasteiger partial charge in [-0.05, 0) is 62.4 Å². The molecule has 0 saturated heterocycles. The minimum atomic E-state index is -1.44. The molecule has 0 radical (unpaired) electrons. The lowest BCUT2D eigenvalue weighted by Crippen LogP contribution is -2.26. The average Bonchev–Trinajstić information content (AvgIpc) is 2.62. The van der Waals surface area contributed by atoms with Gasteiger partial charge in [-0.1, -0.05) is 0 Å². The summed E-state index contributed by atoms with van der Waals surface area (Å²) in [5.41, 5.74) is 0.420. The van der Waals surface area contributed by atoms with Gasteiger partial charge in [-0.3, -0.25) is 0 Å². The molecule has 1 aliphatic rings. The molecule has 0 heterocycles. The second-order valence-electron chi connectivity index (χ2n) is 7.27. The van der Waals surface area contributed by atoms with Crippen LogP contribution in [0.4, 0.5) is 4.39 Å². The lowest BCUT2D eigenvalue weighted by Gasteiger charge is -2.27. The van der Waals surface area contributed by atoms with E-state index >= 15 is 4.39 Å². The first kappa shape index (κ1) is 21.4. The van der Waals surface area contributed by atoms with Crippen molar-refractivity contribution in [3.63, 3.8) is 0 Å². The molecule has 1 aliphatic carbocycles. The predicted molar refractivity (Wildman–Crippen MR) is 105 cm³/mol. The number of carboxylic acid groups (broad SMARTS) is 2. The Balaban J connectivity index is 1.96. The molecule has 0 amide bonds. The van der Waals surface area contributed by atoms with Gasteiger partial charge in [0.15, 0.2) is 0 Å². The maximum Gasteiger partial charge on any atom is 0.343 e. The number of methoxy groups -OCH3 is 1. The summed E-state index contributed by atoms with van der Waals surface area (Å²) in [6.07, 6.45) is 2.49. The van der Waals surface area contributed by atoms with Crippen molar-refractivity contribution in [3.05, 3.63) is 51.8 Å². The zero-order valence-corrected chi connectivity index (χ0v) is 17.0. The van der Waals surface area contributed by atoms with E-state index in [1.807, 2.05) is 0 Å². The Kier molecular flexibility index (Phi) is 6.14. The third kappa shape index (κ3) is 4.17. The monoisotopic (exact) mass is 418 g/mol. The van der Waals surface area contributed by atoms with Gasteiger partial charge in [0.2, 0.25) is 0 Å². The van der Waals surface area contributed by atoms with E-state index in [1.54, 1.807) is 19.9 Å². The number of ether oxygens (including phenoxy) is 3. The predicted octanol–water partition coefficient (Wildman–Crippen LogP) is 4.36. The van der Waals surface area contributed by atoms with Gasteiger partial charge in [-0.25, -0.2) is 14.0 Å². The van der Waals surface area contributed by atoms with E-state index in [-0.39, 0.29) is 41.1 Å². The summed E-state index contributed by atoms with van der Waals surface area (Å²) in [6.45, 7) is 3.01. The van der Waals surface area contributed by atoms with Gasteiger partial charge in [0.25, 0.3) is 0 Å². The number of rotatable bonds is 8. The molecule has 2 aromatic carbocycles. The van der Waals surface area contributed by atoms with Crippen molar-refractivity contribution in [1.82, 2.24) is 0 Å². The van der Waals surface area contributed by atoms with Crippen LogP contribution in [0.3, 0.4) is 0 Å². The Labute approximate surface area is 173 Å². The second kappa shape index (κ2) is 8.61. The fraction of sp³-hybridized carbons (Fsp3) is 0.364. The van der Waals surface area contributed by atoms with Gasteiger partial charge < -0.3 is 24.4 Å². The van der Waals surface area contributed by atoms with Crippen LogP contribution in [0.15, 0.2) is 18.2 Å². The zero-order chi connectivity index (χ0) is 22.0. The highest BCUT2D eigenvalue weighted by Crippen LogP contribution is 2.34. The molecule has 1 saturated carbocycles. The maximum absolute atomic E-state index is 15.1. The molecule has 8 heteroatoms. The number of benzene rings is 2.